The van der Waals surface area contributed by atoms with Gasteiger partial charge in [0, 0.05) is 6.20 Å². The van der Waals surface area contributed by atoms with E-state index in [0.29, 0.717) is 25.1 Å². The zero-order valence-corrected chi connectivity index (χ0v) is 10.7. The van der Waals surface area contributed by atoms with Gasteiger partial charge in [0.05, 0.1) is 24.1 Å². The lowest BCUT2D eigenvalue weighted by atomic mass is 9.95. The van der Waals surface area contributed by atoms with E-state index in [1.807, 2.05) is 6.92 Å². The summed E-state index contributed by atoms with van der Waals surface area (Å²) in [4.78, 5) is 31.0. The molecule has 6 nitrogen and oxygen atoms in total. The molecule has 1 unspecified atom stereocenters. The Labute approximate surface area is 111 Å². The summed E-state index contributed by atoms with van der Waals surface area (Å²) in [5, 5.41) is 11.9. The molecule has 1 fully saturated rings. The number of carboxylic acids is 1. The van der Waals surface area contributed by atoms with Crippen molar-refractivity contribution in [3.05, 3.63) is 24.3 Å². The molecule has 0 aliphatic heterocycles. The molecule has 0 bridgehead atoms. The number of hydrogen-bond donors (Lipinski definition) is 2. The first-order valence-corrected chi connectivity index (χ1v) is 6.33. The smallest absolute Gasteiger partial charge is 0.307 e. The SMILES string of the molecule is CC1C[C@H](C(=O)NCc2ccncn2)[C@H](C(=O)O)C1. The van der Waals surface area contributed by atoms with Crippen molar-refractivity contribution in [2.75, 3.05) is 0 Å². The van der Waals surface area contributed by atoms with E-state index in [-0.39, 0.29) is 11.8 Å². The van der Waals surface area contributed by atoms with Crippen LogP contribution in [0.2, 0.25) is 0 Å². The number of hydrogen-bond acceptors (Lipinski definition) is 4. The number of carbonyl (C=O) groups excluding carboxylic acids is 1. The first-order chi connectivity index (χ1) is 9.08. The molecule has 1 aromatic rings. The average Bonchev–Trinajstić information content (AvgIpc) is 2.79. The molecule has 1 amide bonds. The summed E-state index contributed by atoms with van der Waals surface area (Å²) in [5.41, 5.74) is 0.710. The zero-order valence-electron chi connectivity index (χ0n) is 10.7. The lowest BCUT2D eigenvalue weighted by Crippen LogP contribution is -2.35. The largest absolute Gasteiger partial charge is 0.481 e. The van der Waals surface area contributed by atoms with E-state index in [0.717, 1.165) is 0 Å². The quantitative estimate of drug-likeness (QED) is 0.839. The number of nitrogens with zero attached hydrogens (tertiary/aromatic N) is 2. The van der Waals surface area contributed by atoms with Crippen molar-refractivity contribution in [3.8, 4) is 0 Å². The number of carboxylic acid groups (broad SMARTS) is 1. The maximum atomic E-state index is 12.1. The Kier molecular flexibility index (Phi) is 4.09. The Hall–Kier alpha value is -1.98. The van der Waals surface area contributed by atoms with Crippen LogP contribution < -0.4 is 5.32 Å². The van der Waals surface area contributed by atoms with Crippen LogP contribution in [-0.4, -0.2) is 27.0 Å². The van der Waals surface area contributed by atoms with E-state index < -0.39 is 17.8 Å². The van der Waals surface area contributed by atoms with Gasteiger partial charge in [-0.3, -0.25) is 9.59 Å². The number of nitrogens with one attached hydrogen (secondary N) is 1. The molecule has 19 heavy (non-hydrogen) atoms. The van der Waals surface area contributed by atoms with Crippen molar-refractivity contribution in [2.45, 2.75) is 26.3 Å². The highest BCUT2D eigenvalue weighted by atomic mass is 16.4. The van der Waals surface area contributed by atoms with E-state index in [9.17, 15) is 9.59 Å². The fourth-order valence-corrected chi connectivity index (χ4v) is 2.59. The van der Waals surface area contributed by atoms with Gasteiger partial charge in [0.2, 0.25) is 5.91 Å². The Morgan fingerprint density at radius 3 is 2.79 bits per heavy atom. The van der Waals surface area contributed by atoms with Crippen LogP contribution in [0.1, 0.15) is 25.5 Å². The summed E-state index contributed by atoms with van der Waals surface area (Å²) in [6.07, 6.45) is 4.22. The summed E-state index contributed by atoms with van der Waals surface area (Å²) >= 11 is 0. The second-order valence-corrected chi connectivity index (χ2v) is 5.05. The molecular weight excluding hydrogens is 246 g/mol. The average molecular weight is 263 g/mol. The van der Waals surface area contributed by atoms with Crippen LogP contribution >= 0.6 is 0 Å². The first-order valence-electron chi connectivity index (χ1n) is 6.33. The van der Waals surface area contributed by atoms with Gasteiger partial charge in [0.15, 0.2) is 0 Å². The molecule has 2 N–H and O–H groups in total. The van der Waals surface area contributed by atoms with Gasteiger partial charge >= 0.3 is 5.97 Å². The molecule has 102 valence electrons. The fourth-order valence-electron chi connectivity index (χ4n) is 2.59. The highest BCUT2D eigenvalue weighted by Crippen LogP contribution is 2.36. The van der Waals surface area contributed by atoms with E-state index in [4.69, 9.17) is 5.11 Å². The van der Waals surface area contributed by atoms with E-state index in [2.05, 4.69) is 15.3 Å². The lowest BCUT2D eigenvalue weighted by molar-refractivity contribution is -0.146. The van der Waals surface area contributed by atoms with Crippen molar-refractivity contribution in [1.29, 1.82) is 0 Å². The molecule has 3 atom stereocenters. The monoisotopic (exact) mass is 263 g/mol. The van der Waals surface area contributed by atoms with Crippen molar-refractivity contribution >= 4 is 11.9 Å². The van der Waals surface area contributed by atoms with Crippen molar-refractivity contribution in [1.82, 2.24) is 15.3 Å². The second kappa shape index (κ2) is 5.77. The number of aromatic nitrogens is 2. The Balaban J connectivity index is 1.94. The van der Waals surface area contributed by atoms with Crippen LogP contribution in [0.5, 0.6) is 0 Å². The number of aliphatic carboxylic acids is 1. The fraction of sp³-hybridized carbons (Fsp3) is 0.538. The lowest BCUT2D eigenvalue weighted by Gasteiger charge is -2.15. The van der Waals surface area contributed by atoms with Gasteiger partial charge in [-0.1, -0.05) is 6.92 Å². The molecule has 0 saturated heterocycles. The maximum absolute atomic E-state index is 12.1. The third-order valence-electron chi connectivity index (χ3n) is 3.54. The Morgan fingerprint density at radius 2 is 2.16 bits per heavy atom. The highest BCUT2D eigenvalue weighted by Gasteiger charge is 2.40. The summed E-state index contributed by atoms with van der Waals surface area (Å²) in [6.45, 7) is 2.28. The minimum Gasteiger partial charge on any atom is -0.481 e. The highest BCUT2D eigenvalue weighted by molar-refractivity contribution is 5.85. The molecule has 1 saturated carbocycles. The van der Waals surface area contributed by atoms with Crippen molar-refractivity contribution in [3.63, 3.8) is 0 Å². The van der Waals surface area contributed by atoms with Crippen LogP contribution in [0.3, 0.4) is 0 Å². The molecule has 0 radical (unpaired) electrons. The van der Waals surface area contributed by atoms with Gasteiger partial charge in [-0.15, -0.1) is 0 Å². The van der Waals surface area contributed by atoms with Gasteiger partial charge in [0.1, 0.15) is 6.33 Å². The molecule has 1 heterocycles. The molecular formula is C13H17N3O3. The van der Waals surface area contributed by atoms with Gasteiger partial charge in [-0.25, -0.2) is 9.97 Å². The summed E-state index contributed by atoms with van der Waals surface area (Å²) < 4.78 is 0. The number of amides is 1. The van der Waals surface area contributed by atoms with E-state index in [1.54, 1.807) is 12.3 Å². The van der Waals surface area contributed by atoms with Crippen LogP contribution in [0.15, 0.2) is 18.6 Å². The normalized spacial score (nSPS) is 26.1. The first kappa shape index (κ1) is 13.5. The van der Waals surface area contributed by atoms with Crippen LogP contribution in [0.25, 0.3) is 0 Å². The molecule has 1 aliphatic rings. The Morgan fingerprint density at radius 1 is 1.42 bits per heavy atom. The molecule has 0 spiro atoms. The molecule has 6 heteroatoms. The summed E-state index contributed by atoms with van der Waals surface area (Å²) in [7, 11) is 0. The van der Waals surface area contributed by atoms with Gasteiger partial charge in [-0.2, -0.15) is 0 Å². The van der Waals surface area contributed by atoms with Gasteiger partial charge < -0.3 is 10.4 Å². The van der Waals surface area contributed by atoms with E-state index >= 15 is 0 Å². The topological polar surface area (TPSA) is 92.2 Å². The van der Waals surface area contributed by atoms with Crippen LogP contribution in [0.4, 0.5) is 0 Å². The minimum absolute atomic E-state index is 0.199. The maximum Gasteiger partial charge on any atom is 0.307 e. The predicted molar refractivity (Wildman–Crippen MR) is 66.9 cm³/mol. The van der Waals surface area contributed by atoms with Crippen molar-refractivity contribution in [2.24, 2.45) is 17.8 Å². The predicted octanol–water partition coefficient (Wildman–Crippen LogP) is 0.840. The molecule has 1 aliphatic carbocycles. The van der Waals surface area contributed by atoms with Crippen LogP contribution in [-0.2, 0) is 16.1 Å². The number of rotatable bonds is 4. The number of carbonyl (C=O) groups is 2. The van der Waals surface area contributed by atoms with Gasteiger partial charge in [0.25, 0.3) is 0 Å². The molecule has 0 aromatic carbocycles. The van der Waals surface area contributed by atoms with Gasteiger partial charge in [-0.05, 0) is 24.8 Å². The Bertz CT molecular complexity index is 463. The summed E-state index contributed by atoms with van der Waals surface area (Å²) in [6, 6.07) is 1.71. The molecule has 1 aromatic heterocycles. The third-order valence-corrected chi connectivity index (χ3v) is 3.54. The standard InChI is InChI=1S/C13H17N3O3/c1-8-4-10(11(5-8)13(18)19)12(17)15-6-9-2-3-14-7-16-9/h2-3,7-8,10-11H,4-6H2,1H3,(H,15,17)(H,18,19)/t8?,10-,11+/m0/s1. The van der Waals surface area contributed by atoms with Crippen molar-refractivity contribution < 1.29 is 14.7 Å². The summed E-state index contributed by atoms with van der Waals surface area (Å²) in [5.74, 6) is -1.81. The minimum atomic E-state index is -0.883. The van der Waals surface area contributed by atoms with E-state index in [1.165, 1.54) is 6.33 Å². The van der Waals surface area contributed by atoms with Crippen LogP contribution in [0, 0.1) is 17.8 Å². The molecule has 2 rings (SSSR count). The third kappa shape index (κ3) is 3.27. The second-order valence-electron chi connectivity index (χ2n) is 5.05. The zero-order chi connectivity index (χ0) is 13.8.